The van der Waals surface area contributed by atoms with E-state index in [0.717, 1.165) is 17.7 Å². The molecule has 22 heavy (non-hydrogen) atoms. The number of nitrogens with zero attached hydrogens (tertiary/aromatic N) is 3. The maximum Gasteiger partial charge on any atom is 0.189 e. The molecule has 0 bridgehead atoms. The van der Waals surface area contributed by atoms with Gasteiger partial charge >= 0.3 is 0 Å². The second-order valence-electron chi connectivity index (χ2n) is 5.81. The number of para-hydroxylation sites is 1. The third kappa shape index (κ3) is 3.36. The van der Waals surface area contributed by atoms with Crippen molar-refractivity contribution in [2.24, 2.45) is 10.7 Å². The summed E-state index contributed by atoms with van der Waals surface area (Å²) in [4.78, 5) is 4.25. The van der Waals surface area contributed by atoms with E-state index in [1.54, 1.807) is 0 Å². The normalized spacial score (nSPS) is 20.7. The molecule has 1 fully saturated rings. The van der Waals surface area contributed by atoms with Crippen LogP contribution in [0.5, 0.6) is 0 Å². The van der Waals surface area contributed by atoms with Crippen molar-refractivity contribution in [3.8, 4) is 5.69 Å². The van der Waals surface area contributed by atoms with Crippen LogP contribution in [-0.4, -0.2) is 28.3 Å². The number of guanidine groups is 1. The predicted molar refractivity (Wildman–Crippen MR) is 89.1 cm³/mol. The number of nitrogens with two attached hydrogens (primary N) is 1. The minimum absolute atomic E-state index is 0.349. The van der Waals surface area contributed by atoms with Crippen molar-refractivity contribution >= 4 is 5.96 Å². The van der Waals surface area contributed by atoms with Crippen LogP contribution in [0.2, 0.25) is 0 Å². The molecule has 0 amide bonds. The summed E-state index contributed by atoms with van der Waals surface area (Å²) >= 11 is 0. The molecule has 2 aromatic rings. The molecule has 114 valence electrons. The fourth-order valence-electron chi connectivity index (χ4n) is 2.43. The van der Waals surface area contributed by atoms with Crippen LogP contribution in [0.3, 0.4) is 0 Å². The lowest BCUT2D eigenvalue weighted by atomic mass is 10.2. The maximum atomic E-state index is 5.88. The van der Waals surface area contributed by atoms with E-state index in [9.17, 15) is 0 Å². The average Bonchev–Trinajstić information content (AvgIpc) is 3.10. The molecule has 0 spiro atoms. The molecule has 0 radical (unpaired) electrons. The molecule has 5 heteroatoms. The Bertz CT molecular complexity index is 686. The van der Waals surface area contributed by atoms with Crippen molar-refractivity contribution in [1.29, 1.82) is 0 Å². The number of hydrogen-bond donors (Lipinski definition) is 2. The van der Waals surface area contributed by atoms with E-state index in [-0.39, 0.29) is 0 Å². The Morgan fingerprint density at radius 3 is 2.95 bits per heavy atom. The molecular weight excluding hydrogens is 274 g/mol. The van der Waals surface area contributed by atoms with E-state index in [0.29, 0.717) is 24.5 Å². The highest BCUT2D eigenvalue weighted by Crippen LogP contribution is 2.40. The average molecular weight is 295 g/mol. The molecule has 3 rings (SSSR count). The van der Waals surface area contributed by atoms with Crippen molar-refractivity contribution in [3.63, 3.8) is 0 Å². The topological polar surface area (TPSA) is 68.2 Å². The van der Waals surface area contributed by atoms with Gasteiger partial charge in [0, 0.05) is 18.2 Å². The van der Waals surface area contributed by atoms with Crippen LogP contribution in [0.4, 0.5) is 0 Å². The molecule has 0 unspecified atom stereocenters. The van der Waals surface area contributed by atoms with E-state index in [2.05, 4.69) is 28.2 Å². The van der Waals surface area contributed by atoms with Crippen molar-refractivity contribution in [3.05, 3.63) is 60.4 Å². The summed E-state index contributed by atoms with van der Waals surface area (Å²) in [7, 11) is 0. The van der Waals surface area contributed by atoms with E-state index in [1.807, 2.05) is 48.1 Å². The number of aromatic nitrogens is 2. The Hall–Kier alpha value is -2.56. The summed E-state index contributed by atoms with van der Waals surface area (Å²) in [5, 5.41) is 7.69. The fraction of sp³-hybridized carbons (Fsp3) is 0.294. The molecule has 1 saturated carbocycles. The predicted octanol–water partition coefficient (Wildman–Crippen LogP) is 2.21. The van der Waals surface area contributed by atoms with Gasteiger partial charge in [0.2, 0.25) is 0 Å². The molecule has 2 atom stereocenters. The summed E-state index contributed by atoms with van der Waals surface area (Å²) in [6.07, 6.45) is 5.08. The molecule has 3 N–H and O–H groups in total. The largest absolute Gasteiger partial charge is 0.370 e. The number of hydrogen-bond acceptors (Lipinski definition) is 2. The van der Waals surface area contributed by atoms with Crippen LogP contribution >= 0.6 is 0 Å². The molecule has 0 saturated heterocycles. The number of nitrogens with one attached hydrogen (secondary N) is 1. The zero-order chi connectivity index (χ0) is 15.5. The zero-order valence-electron chi connectivity index (χ0n) is 12.7. The Balaban J connectivity index is 1.60. The van der Waals surface area contributed by atoms with Gasteiger partial charge in [0.1, 0.15) is 0 Å². The summed E-state index contributed by atoms with van der Waals surface area (Å²) < 4.78 is 1.91. The maximum absolute atomic E-state index is 5.88. The van der Waals surface area contributed by atoms with Crippen LogP contribution in [0.1, 0.15) is 24.8 Å². The fourth-order valence-corrected chi connectivity index (χ4v) is 2.43. The lowest BCUT2D eigenvalue weighted by Crippen LogP contribution is -2.34. The minimum atomic E-state index is 0.349. The van der Waals surface area contributed by atoms with Gasteiger partial charge in [-0.2, -0.15) is 5.10 Å². The molecule has 1 heterocycles. The highest BCUT2D eigenvalue weighted by atomic mass is 15.3. The second-order valence-corrected chi connectivity index (χ2v) is 5.81. The molecule has 1 aromatic carbocycles. The first kappa shape index (κ1) is 14.4. The first-order valence-electron chi connectivity index (χ1n) is 7.44. The van der Waals surface area contributed by atoms with E-state index >= 15 is 0 Å². The van der Waals surface area contributed by atoms with Gasteiger partial charge in [0.05, 0.1) is 18.4 Å². The monoisotopic (exact) mass is 295 g/mol. The molecule has 0 aliphatic heterocycles. The summed E-state index contributed by atoms with van der Waals surface area (Å²) in [6.45, 7) is 6.33. The molecular formula is C17H21N5. The van der Waals surface area contributed by atoms with Crippen molar-refractivity contribution in [2.75, 3.05) is 6.54 Å². The van der Waals surface area contributed by atoms with Crippen LogP contribution in [0, 0.1) is 0 Å². The molecule has 5 nitrogen and oxygen atoms in total. The Morgan fingerprint density at radius 1 is 1.45 bits per heavy atom. The second kappa shape index (κ2) is 6.05. The Morgan fingerprint density at radius 2 is 2.23 bits per heavy atom. The van der Waals surface area contributed by atoms with Gasteiger partial charge in [-0.05, 0) is 31.0 Å². The molecule has 1 aliphatic carbocycles. The first-order valence-corrected chi connectivity index (χ1v) is 7.44. The van der Waals surface area contributed by atoms with Crippen LogP contribution in [0.25, 0.3) is 5.69 Å². The van der Waals surface area contributed by atoms with Gasteiger partial charge in [-0.25, -0.2) is 9.67 Å². The van der Waals surface area contributed by atoms with Crippen LogP contribution in [0.15, 0.2) is 59.9 Å². The zero-order valence-corrected chi connectivity index (χ0v) is 12.7. The van der Waals surface area contributed by atoms with E-state index in [4.69, 9.17) is 5.73 Å². The lowest BCUT2D eigenvalue weighted by molar-refractivity contribution is 0.850. The summed E-state index contributed by atoms with van der Waals surface area (Å²) in [5.41, 5.74) is 9.18. The van der Waals surface area contributed by atoms with Crippen molar-refractivity contribution in [2.45, 2.75) is 25.3 Å². The molecule has 1 aliphatic rings. The van der Waals surface area contributed by atoms with Gasteiger partial charge in [-0.3, -0.25) is 0 Å². The third-order valence-electron chi connectivity index (χ3n) is 3.69. The van der Waals surface area contributed by atoms with Gasteiger partial charge in [0.15, 0.2) is 5.96 Å². The third-order valence-corrected chi connectivity index (χ3v) is 3.69. The van der Waals surface area contributed by atoms with Gasteiger partial charge < -0.3 is 11.1 Å². The number of aliphatic imine (C=N–C) groups is 1. The van der Waals surface area contributed by atoms with Gasteiger partial charge in [0.25, 0.3) is 0 Å². The minimum Gasteiger partial charge on any atom is -0.370 e. The van der Waals surface area contributed by atoms with Crippen LogP contribution in [-0.2, 0) is 0 Å². The lowest BCUT2D eigenvalue weighted by Gasteiger charge is -2.04. The number of benzene rings is 1. The standard InChI is InChI=1S/C17H21N5/c1-12(2)9-19-17(18)21-16-8-15(16)13-10-20-22(11-13)14-6-4-3-5-7-14/h3-7,10-11,15-16H,1,8-9H2,2H3,(H3,18,19,21)/t15-,16+/m0/s1. The number of rotatable bonds is 5. The smallest absolute Gasteiger partial charge is 0.189 e. The van der Waals surface area contributed by atoms with Crippen molar-refractivity contribution < 1.29 is 0 Å². The van der Waals surface area contributed by atoms with Gasteiger partial charge in [-0.15, -0.1) is 0 Å². The van der Waals surface area contributed by atoms with Gasteiger partial charge in [-0.1, -0.05) is 30.4 Å². The van der Waals surface area contributed by atoms with Crippen LogP contribution < -0.4 is 11.1 Å². The highest BCUT2D eigenvalue weighted by molar-refractivity contribution is 5.78. The Labute approximate surface area is 130 Å². The summed E-state index contributed by atoms with van der Waals surface area (Å²) in [5.74, 6) is 0.946. The SMILES string of the molecule is C=C(C)CN=C(N)N[C@@H]1C[C@H]1c1cnn(-c2ccccc2)c1. The highest BCUT2D eigenvalue weighted by Gasteiger charge is 2.39. The van der Waals surface area contributed by atoms with Crippen molar-refractivity contribution in [1.82, 2.24) is 15.1 Å². The van der Waals surface area contributed by atoms with E-state index < -0.39 is 0 Å². The Kier molecular flexibility index (Phi) is 3.96. The quantitative estimate of drug-likeness (QED) is 0.505. The molecule has 1 aromatic heterocycles. The first-order chi connectivity index (χ1) is 10.6. The van der Waals surface area contributed by atoms with E-state index in [1.165, 1.54) is 5.56 Å². The summed E-state index contributed by atoms with van der Waals surface area (Å²) in [6, 6.07) is 10.5.